The summed E-state index contributed by atoms with van der Waals surface area (Å²) in [5.41, 5.74) is 0. The van der Waals surface area contributed by atoms with Gasteiger partial charge in [0.25, 0.3) is 0 Å². The Kier molecular flexibility index (Phi) is 21.0. The van der Waals surface area contributed by atoms with Crippen molar-refractivity contribution in [2.75, 3.05) is 0 Å². The quantitative estimate of drug-likeness (QED) is 0.194. The van der Waals surface area contributed by atoms with E-state index < -0.39 is 0 Å². The lowest BCUT2D eigenvalue weighted by Gasteiger charge is -2.16. The zero-order valence-electron chi connectivity index (χ0n) is 17.6. The van der Waals surface area contributed by atoms with E-state index in [1.54, 1.807) is 0 Å². The molecule has 145 valence electrons. The van der Waals surface area contributed by atoms with Gasteiger partial charge in [-0.1, -0.05) is 130 Å². The van der Waals surface area contributed by atoms with Crippen LogP contribution >= 0.6 is 0 Å². The molecule has 0 heteroatoms. The molecule has 0 heterocycles. The zero-order chi connectivity index (χ0) is 17.7. The highest BCUT2D eigenvalue weighted by Crippen LogP contribution is 2.26. The Morgan fingerprint density at radius 2 is 0.583 bits per heavy atom. The molecule has 0 rings (SSSR count). The maximum absolute atomic E-state index is 2.33. The van der Waals surface area contributed by atoms with Gasteiger partial charge in [-0.15, -0.1) is 0 Å². The van der Waals surface area contributed by atoms with Gasteiger partial charge >= 0.3 is 0 Å². The zero-order valence-corrected chi connectivity index (χ0v) is 17.6. The summed E-state index contributed by atoms with van der Waals surface area (Å²) in [4.78, 5) is 0. The smallest absolute Gasteiger partial charge is 0.0241 e. The van der Waals surface area contributed by atoms with Crippen molar-refractivity contribution in [3.63, 3.8) is 0 Å². The van der Waals surface area contributed by atoms with Gasteiger partial charge in [0.05, 0.1) is 0 Å². The molecule has 0 aromatic rings. The lowest BCUT2D eigenvalue weighted by Crippen LogP contribution is -1.99. The third kappa shape index (κ3) is 18.3. The predicted molar refractivity (Wildman–Crippen MR) is 113 cm³/mol. The second-order valence-electron chi connectivity index (χ2n) is 7.95. The average Bonchev–Trinajstić information content (AvgIpc) is 2.59. The van der Waals surface area contributed by atoms with Crippen LogP contribution in [0.25, 0.3) is 0 Å². The minimum absolute atomic E-state index is 1.36. The van der Waals surface area contributed by atoms with Gasteiger partial charge in [0.15, 0.2) is 0 Å². The molecular weight excluding hydrogens is 288 g/mol. The van der Waals surface area contributed by atoms with Crippen LogP contribution in [0.1, 0.15) is 149 Å². The van der Waals surface area contributed by atoms with Crippen LogP contribution in [0.4, 0.5) is 0 Å². The summed E-state index contributed by atoms with van der Waals surface area (Å²) >= 11 is 0. The molecule has 0 N–H and O–H groups in total. The minimum Gasteiger partial charge on any atom is -0.0654 e. The van der Waals surface area contributed by atoms with Crippen LogP contribution in [0.3, 0.4) is 0 Å². The molecule has 0 aliphatic carbocycles. The van der Waals surface area contributed by atoms with Gasteiger partial charge in [0.1, 0.15) is 0 Å². The highest BCUT2D eigenvalue weighted by molar-refractivity contribution is 4.89. The third-order valence-corrected chi connectivity index (χ3v) is 5.40. The highest BCUT2D eigenvalue weighted by Gasteiger charge is 2.09. The highest BCUT2D eigenvalue weighted by atomic mass is 14.1. The molecule has 0 fully saturated rings. The van der Waals surface area contributed by atoms with E-state index in [1.807, 2.05) is 5.92 Å². The monoisotopic (exact) mass is 337 g/mol. The first-order valence-corrected chi connectivity index (χ1v) is 11.7. The average molecular weight is 338 g/mol. The largest absolute Gasteiger partial charge is 0.0654 e. The normalized spacial score (nSPS) is 11.5. The molecule has 0 aliphatic rings. The van der Waals surface area contributed by atoms with Crippen molar-refractivity contribution in [2.45, 2.75) is 149 Å². The first-order chi connectivity index (χ1) is 11.8. The summed E-state index contributed by atoms with van der Waals surface area (Å²) in [5.74, 6) is 1.91. The topological polar surface area (TPSA) is 0 Å². The van der Waals surface area contributed by atoms with E-state index in [2.05, 4.69) is 20.8 Å². The number of unbranched alkanes of at least 4 members (excludes halogenated alkanes) is 14. The molecule has 0 aliphatic heterocycles. The summed E-state index contributed by atoms with van der Waals surface area (Å²) < 4.78 is 0. The van der Waals surface area contributed by atoms with Crippen molar-refractivity contribution < 1.29 is 0 Å². The lowest BCUT2D eigenvalue weighted by atomic mass is 9.89. The Bertz CT molecular complexity index is 190. The van der Waals surface area contributed by atoms with Gasteiger partial charge in [-0.25, -0.2) is 0 Å². The van der Waals surface area contributed by atoms with Crippen molar-refractivity contribution >= 4 is 0 Å². The van der Waals surface area contributed by atoms with E-state index in [1.165, 1.54) is 128 Å². The fourth-order valence-corrected chi connectivity index (χ4v) is 3.66. The Morgan fingerprint density at radius 1 is 0.333 bits per heavy atom. The summed E-state index contributed by atoms with van der Waals surface area (Å²) in [6.45, 7) is 6.94. The number of hydrogen-bond acceptors (Lipinski definition) is 0. The summed E-state index contributed by atoms with van der Waals surface area (Å²) in [7, 11) is 0. The molecule has 0 bridgehead atoms. The Hall–Kier alpha value is 0. The molecule has 0 unspecified atom stereocenters. The van der Waals surface area contributed by atoms with E-state index in [4.69, 9.17) is 0 Å². The van der Waals surface area contributed by atoms with Crippen molar-refractivity contribution in [1.29, 1.82) is 0 Å². The molecule has 24 heavy (non-hydrogen) atoms. The van der Waals surface area contributed by atoms with Crippen LogP contribution < -0.4 is 0 Å². The molecule has 0 aromatic carbocycles. The van der Waals surface area contributed by atoms with Crippen LogP contribution in [-0.4, -0.2) is 0 Å². The number of rotatable bonds is 20. The maximum Gasteiger partial charge on any atom is -0.0241 e. The first-order valence-electron chi connectivity index (χ1n) is 11.7. The van der Waals surface area contributed by atoms with Gasteiger partial charge in [-0.2, -0.15) is 0 Å². The van der Waals surface area contributed by atoms with Crippen LogP contribution in [-0.2, 0) is 0 Å². The summed E-state index contributed by atoms with van der Waals surface area (Å²) in [5, 5.41) is 0. The van der Waals surface area contributed by atoms with E-state index in [0.29, 0.717) is 0 Å². The minimum atomic E-state index is 1.36. The lowest BCUT2D eigenvalue weighted by molar-refractivity contribution is 0.516. The van der Waals surface area contributed by atoms with Gasteiger partial charge in [0, 0.05) is 0 Å². The van der Waals surface area contributed by atoms with Crippen LogP contribution in [0.5, 0.6) is 0 Å². The van der Waals surface area contributed by atoms with Crippen LogP contribution in [0.15, 0.2) is 0 Å². The van der Waals surface area contributed by atoms with Crippen molar-refractivity contribution in [1.82, 2.24) is 0 Å². The van der Waals surface area contributed by atoms with Crippen LogP contribution in [0, 0.1) is 5.92 Å². The number of hydrogen-bond donors (Lipinski definition) is 0. The Balaban J connectivity index is 3.64. The van der Waals surface area contributed by atoms with Gasteiger partial charge in [-0.3, -0.25) is 0 Å². The molecule has 0 amide bonds. The van der Waals surface area contributed by atoms with E-state index >= 15 is 0 Å². The molecule has 0 aromatic heterocycles. The second kappa shape index (κ2) is 21.0. The molecule has 0 atom stereocenters. The summed E-state index contributed by atoms with van der Waals surface area (Å²) in [6.07, 6.45) is 28.8. The van der Waals surface area contributed by atoms with E-state index in [0.717, 1.165) is 0 Å². The molecule has 0 saturated carbocycles. The fraction of sp³-hybridized carbons (Fsp3) is 0.958. The third-order valence-electron chi connectivity index (χ3n) is 5.40. The van der Waals surface area contributed by atoms with Crippen molar-refractivity contribution in [3.05, 3.63) is 5.92 Å². The first kappa shape index (κ1) is 24.0. The predicted octanol–water partition coefficient (Wildman–Crippen LogP) is 9.42. The van der Waals surface area contributed by atoms with Gasteiger partial charge in [0.2, 0.25) is 0 Å². The fourth-order valence-electron chi connectivity index (χ4n) is 3.66. The standard InChI is InChI=1S/C24H49/c1-4-7-10-12-14-16-19-22-24(21-18-9-6-3)23-20-17-15-13-11-8-5-2/h4-23H2,1-3H3. The molecular formula is C24H49. The maximum atomic E-state index is 2.33. The van der Waals surface area contributed by atoms with Gasteiger partial charge < -0.3 is 0 Å². The molecule has 0 nitrogen and oxygen atoms in total. The molecule has 0 spiro atoms. The Labute approximate surface area is 155 Å². The van der Waals surface area contributed by atoms with Crippen molar-refractivity contribution in [3.8, 4) is 0 Å². The van der Waals surface area contributed by atoms with E-state index in [9.17, 15) is 0 Å². The second-order valence-corrected chi connectivity index (χ2v) is 7.95. The van der Waals surface area contributed by atoms with Crippen molar-refractivity contribution in [2.24, 2.45) is 0 Å². The molecule has 0 saturated heterocycles. The van der Waals surface area contributed by atoms with Gasteiger partial charge in [-0.05, 0) is 25.2 Å². The Morgan fingerprint density at radius 3 is 0.958 bits per heavy atom. The summed E-state index contributed by atoms with van der Waals surface area (Å²) in [6, 6.07) is 0. The van der Waals surface area contributed by atoms with E-state index in [-0.39, 0.29) is 0 Å². The van der Waals surface area contributed by atoms with Crippen LogP contribution in [0.2, 0.25) is 0 Å². The SMILES string of the molecule is CCCCCCCCC[C](CCCCC)CCCCCCCCC. The molecule has 1 radical (unpaired) electrons.